The average molecular weight is 377 g/mol. The maximum atomic E-state index is 13.7. The number of halogens is 1. The maximum Gasteiger partial charge on any atom is 0.252 e. The van der Waals surface area contributed by atoms with Crippen LogP contribution in [0.1, 0.15) is 22.8 Å². The highest BCUT2D eigenvalue weighted by Crippen LogP contribution is 2.21. The van der Waals surface area contributed by atoms with Crippen LogP contribution in [0.5, 0.6) is 5.88 Å². The third kappa shape index (κ3) is 4.65. The quantitative estimate of drug-likeness (QED) is 0.709. The summed E-state index contributed by atoms with van der Waals surface area (Å²) >= 11 is 0. The predicted molar refractivity (Wildman–Crippen MR) is 98.8 cm³/mol. The van der Waals surface area contributed by atoms with Crippen LogP contribution in [-0.4, -0.2) is 33.5 Å². The number of nitrogens with one attached hydrogen (secondary N) is 1. The van der Waals surface area contributed by atoms with Crippen molar-refractivity contribution in [3.63, 3.8) is 0 Å². The first-order valence-electron chi connectivity index (χ1n) is 8.43. The van der Waals surface area contributed by atoms with Crippen molar-refractivity contribution in [1.82, 2.24) is 20.3 Å². The fourth-order valence-corrected chi connectivity index (χ4v) is 2.42. The summed E-state index contributed by atoms with van der Waals surface area (Å²) < 4.78 is 19.2. The van der Waals surface area contributed by atoms with Crippen LogP contribution in [0.3, 0.4) is 0 Å². The van der Waals surface area contributed by atoms with Gasteiger partial charge in [0.1, 0.15) is 18.5 Å². The predicted octanol–water partition coefficient (Wildman–Crippen LogP) is 2.75. The molecule has 2 heterocycles. The van der Waals surface area contributed by atoms with Crippen LogP contribution in [0.2, 0.25) is 0 Å². The Morgan fingerprint density at radius 1 is 1.25 bits per heavy atom. The summed E-state index contributed by atoms with van der Waals surface area (Å²) in [5, 5.41) is 11.5. The van der Waals surface area contributed by atoms with Gasteiger partial charge in [0.05, 0.1) is 17.2 Å². The number of benzene rings is 1. The number of ether oxygens (including phenoxy) is 1. The number of aromatic nitrogens is 3. The lowest BCUT2D eigenvalue weighted by molar-refractivity contribution is 0.0926. The van der Waals surface area contributed by atoms with E-state index >= 15 is 0 Å². The molecule has 140 valence electrons. The molecule has 0 unspecified atom stereocenters. The fraction of sp³-hybridized carbons (Fsp3) is 0.150. The van der Waals surface area contributed by atoms with E-state index in [1.54, 1.807) is 37.5 Å². The van der Waals surface area contributed by atoms with E-state index in [0.717, 1.165) is 6.07 Å². The molecule has 8 heteroatoms. The Labute approximate surface area is 160 Å². The molecule has 0 aliphatic rings. The van der Waals surface area contributed by atoms with E-state index in [1.165, 1.54) is 18.3 Å². The van der Waals surface area contributed by atoms with E-state index in [4.69, 9.17) is 10.00 Å². The van der Waals surface area contributed by atoms with E-state index in [-0.39, 0.29) is 18.2 Å². The molecule has 28 heavy (non-hydrogen) atoms. The molecule has 0 bridgehead atoms. The van der Waals surface area contributed by atoms with Crippen molar-refractivity contribution in [2.75, 3.05) is 6.61 Å². The van der Waals surface area contributed by atoms with Gasteiger partial charge in [0.15, 0.2) is 5.82 Å². The number of nitrogens with zero attached hydrogens (tertiary/aromatic N) is 4. The summed E-state index contributed by atoms with van der Waals surface area (Å²) in [5.74, 6) is -0.330. The average Bonchev–Trinajstić information content (AvgIpc) is 2.73. The smallest absolute Gasteiger partial charge is 0.252 e. The molecule has 1 aromatic carbocycles. The van der Waals surface area contributed by atoms with Crippen molar-refractivity contribution in [3.05, 3.63) is 71.9 Å². The highest BCUT2D eigenvalue weighted by Gasteiger charge is 2.18. The fourth-order valence-electron chi connectivity index (χ4n) is 2.42. The Morgan fingerprint density at radius 2 is 2.04 bits per heavy atom. The minimum Gasteiger partial charge on any atom is -0.475 e. The van der Waals surface area contributed by atoms with Gasteiger partial charge in [-0.05, 0) is 37.3 Å². The van der Waals surface area contributed by atoms with Gasteiger partial charge in [0, 0.05) is 30.2 Å². The van der Waals surface area contributed by atoms with Crippen LogP contribution in [0.15, 0.2) is 55.0 Å². The molecule has 0 saturated heterocycles. The summed E-state index contributed by atoms with van der Waals surface area (Å²) in [7, 11) is 0. The van der Waals surface area contributed by atoms with Gasteiger partial charge in [-0.3, -0.25) is 4.79 Å². The Kier molecular flexibility index (Phi) is 5.87. The molecule has 7 nitrogen and oxygen atoms in total. The van der Waals surface area contributed by atoms with Gasteiger partial charge in [-0.2, -0.15) is 5.26 Å². The summed E-state index contributed by atoms with van der Waals surface area (Å²) in [6.45, 7) is 1.90. The number of rotatable bonds is 6. The minimum absolute atomic E-state index is 0.134. The van der Waals surface area contributed by atoms with E-state index in [9.17, 15) is 9.18 Å². The van der Waals surface area contributed by atoms with Crippen LogP contribution >= 0.6 is 0 Å². The Balaban J connectivity index is 1.68. The van der Waals surface area contributed by atoms with Gasteiger partial charge in [-0.25, -0.2) is 19.3 Å². The molecule has 3 rings (SSSR count). The van der Waals surface area contributed by atoms with E-state index in [2.05, 4.69) is 20.3 Å². The van der Waals surface area contributed by atoms with Crippen molar-refractivity contribution >= 4 is 5.91 Å². The summed E-state index contributed by atoms with van der Waals surface area (Å²) in [4.78, 5) is 24.9. The highest BCUT2D eigenvalue weighted by molar-refractivity contribution is 6.00. The second kappa shape index (κ2) is 8.68. The Bertz CT molecular complexity index is 1000. The van der Waals surface area contributed by atoms with Gasteiger partial charge in [-0.15, -0.1) is 0 Å². The summed E-state index contributed by atoms with van der Waals surface area (Å²) in [5.41, 5.74) is 0.992. The normalized spacial score (nSPS) is 11.3. The lowest BCUT2D eigenvalue weighted by Crippen LogP contribution is -2.37. The topological polar surface area (TPSA) is 101 Å². The number of nitriles is 1. The van der Waals surface area contributed by atoms with E-state index in [1.807, 2.05) is 6.07 Å². The molecule has 0 spiro atoms. The molecule has 3 aromatic rings. The second-order valence-corrected chi connectivity index (χ2v) is 5.94. The molecule has 0 radical (unpaired) electrons. The summed E-state index contributed by atoms with van der Waals surface area (Å²) in [6.07, 6.45) is 4.50. The van der Waals surface area contributed by atoms with Crippen molar-refractivity contribution in [2.24, 2.45) is 0 Å². The summed E-state index contributed by atoms with van der Waals surface area (Å²) in [6, 6.07) is 10.3. The molecule has 0 saturated carbocycles. The standard InChI is InChI=1S/C20H16FN5O2/c1-13(12-28-18-6-3-14(10-22)11-25-18)26-20(27)17-9-15(21)4-5-16(17)19-23-7-2-8-24-19/h2-9,11,13H,12H2,1H3,(H,26,27)/t13-/m0/s1. The lowest BCUT2D eigenvalue weighted by atomic mass is 10.1. The van der Waals surface area contributed by atoms with Gasteiger partial charge in [0.2, 0.25) is 5.88 Å². The van der Waals surface area contributed by atoms with Crippen LogP contribution in [-0.2, 0) is 0 Å². The zero-order valence-electron chi connectivity index (χ0n) is 15.0. The first-order chi connectivity index (χ1) is 13.6. The Hall–Kier alpha value is -3.86. The zero-order valence-corrected chi connectivity index (χ0v) is 15.0. The van der Waals surface area contributed by atoms with Crippen molar-refractivity contribution in [2.45, 2.75) is 13.0 Å². The maximum absolute atomic E-state index is 13.7. The van der Waals surface area contributed by atoms with Crippen LogP contribution in [0.4, 0.5) is 4.39 Å². The van der Waals surface area contributed by atoms with Crippen LogP contribution < -0.4 is 10.1 Å². The molecule has 0 aliphatic heterocycles. The van der Waals surface area contributed by atoms with Crippen molar-refractivity contribution < 1.29 is 13.9 Å². The monoisotopic (exact) mass is 377 g/mol. The SMILES string of the molecule is C[C@@H](COc1ccc(C#N)cn1)NC(=O)c1cc(F)ccc1-c1ncccn1. The molecule has 1 N–H and O–H groups in total. The number of carbonyl (C=O) groups excluding carboxylic acids is 1. The molecule has 1 amide bonds. The van der Waals surface area contributed by atoms with E-state index in [0.29, 0.717) is 22.8 Å². The zero-order chi connectivity index (χ0) is 19.9. The number of carbonyl (C=O) groups is 1. The molecular weight excluding hydrogens is 361 g/mol. The van der Waals surface area contributed by atoms with Crippen molar-refractivity contribution in [1.29, 1.82) is 5.26 Å². The number of amides is 1. The molecule has 1 atom stereocenters. The van der Waals surface area contributed by atoms with Crippen LogP contribution in [0, 0.1) is 17.1 Å². The number of hydrogen-bond donors (Lipinski definition) is 1. The number of hydrogen-bond acceptors (Lipinski definition) is 6. The molecular formula is C20H16FN5O2. The van der Waals surface area contributed by atoms with E-state index < -0.39 is 11.7 Å². The van der Waals surface area contributed by atoms with Crippen LogP contribution in [0.25, 0.3) is 11.4 Å². The van der Waals surface area contributed by atoms with Gasteiger partial charge < -0.3 is 10.1 Å². The van der Waals surface area contributed by atoms with Gasteiger partial charge in [0.25, 0.3) is 5.91 Å². The Morgan fingerprint density at radius 3 is 2.71 bits per heavy atom. The lowest BCUT2D eigenvalue weighted by Gasteiger charge is -2.16. The first kappa shape index (κ1) is 18.9. The van der Waals surface area contributed by atoms with Crippen molar-refractivity contribution in [3.8, 4) is 23.3 Å². The third-order valence-corrected chi connectivity index (χ3v) is 3.76. The molecule has 2 aromatic heterocycles. The molecule has 0 aliphatic carbocycles. The minimum atomic E-state index is -0.532. The second-order valence-electron chi connectivity index (χ2n) is 5.94. The number of pyridine rings is 1. The van der Waals surface area contributed by atoms with Gasteiger partial charge in [-0.1, -0.05) is 0 Å². The molecule has 0 fully saturated rings. The third-order valence-electron chi connectivity index (χ3n) is 3.76. The first-order valence-corrected chi connectivity index (χ1v) is 8.43. The highest BCUT2D eigenvalue weighted by atomic mass is 19.1. The largest absolute Gasteiger partial charge is 0.475 e. The van der Waals surface area contributed by atoms with Gasteiger partial charge >= 0.3 is 0 Å².